The number of hydrogen-bond donors (Lipinski definition) is 2. The predicted molar refractivity (Wildman–Crippen MR) is 62.3 cm³/mol. The maximum Gasteiger partial charge on any atom is 0.327 e. The van der Waals surface area contributed by atoms with Crippen LogP contribution < -0.4 is 0 Å². The highest BCUT2D eigenvalue weighted by atomic mass is 16.4. The van der Waals surface area contributed by atoms with Crippen molar-refractivity contribution >= 4 is 5.97 Å². The molecule has 0 radical (unpaired) electrons. The summed E-state index contributed by atoms with van der Waals surface area (Å²) in [5.74, 6) is -0.950. The number of hydrogen-bond acceptors (Lipinski definition) is 2. The number of aliphatic carboxylic acids is 1. The first-order valence-corrected chi connectivity index (χ1v) is 5.14. The highest BCUT2D eigenvalue weighted by Crippen LogP contribution is 2.17. The second-order valence-electron chi connectivity index (χ2n) is 3.81. The summed E-state index contributed by atoms with van der Waals surface area (Å²) in [4.78, 5) is 10.3. The van der Waals surface area contributed by atoms with Crippen LogP contribution in [-0.2, 0) is 17.8 Å². The molecule has 0 aromatic heterocycles. The van der Waals surface area contributed by atoms with Gasteiger partial charge < -0.3 is 10.2 Å². The van der Waals surface area contributed by atoms with Crippen molar-refractivity contribution in [1.29, 1.82) is 0 Å². The average Bonchev–Trinajstić information content (AvgIpc) is 2.22. The lowest BCUT2D eigenvalue weighted by atomic mass is 9.98. The SMILES string of the molecule is Cc1cc(CO)c(C/C=C/C(=O)O)cc1C. The minimum Gasteiger partial charge on any atom is -0.478 e. The molecule has 0 aliphatic carbocycles. The summed E-state index contributed by atoms with van der Waals surface area (Å²) in [7, 11) is 0. The molecule has 0 spiro atoms. The summed E-state index contributed by atoms with van der Waals surface area (Å²) < 4.78 is 0. The van der Waals surface area contributed by atoms with Crippen molar-refractivity contribution in [2.24, 2.45) is 0 Å². The molecule has 1 rings (SSSR count). The molecule has 0 aliphatic rings. The summed E-state index contributed by atoms with van der Waals surface area (Å²) in [5.41, 5.74) is 4.12. The zero-order valence-electron chi connectivity index (χ0n) is 9.53. The second-order valence-corrected chi connectivity index (χ2v) is 3.81. The molecular weight excluding hydrogens is 204 g/mol. The average molecular weight is 220 g/mol. The molecule has 0 fully saturated rings. The van der Waals surface area contributed by atoms with Gasteiger partial charge >= 0.3 is 5.97 Å². The Morgan fingerprint density at radius 3 is 2.31 bits per heavy atom. The fraction of sp³-hybridized carbons (Fsp3) is 0.308. The number of carboxylic acid groups (broad SMARTS) is 1. The highest BCUT2D eigenvalue weighted by Gasteiger charge is 2.03. The lowest BCUT2D eigenvalue weighted by Crippen LogP contribution is -1.97. The molecule has 0 heterocycles. The van der Waals surface area contributed by atoms with Crippen LogP contribution >= 0.6 is 0 Å². The molecule has 1 aromatic carbocycles. The molecule has 86 valence electrons. The number of aliphatic hydroxyl groups is 1. The van der Waals surface area contributed by atoms with Crippen molar-refractivity contribution in [2.75, 3.05) is 0 Å². The van der Waals surface area contributed by atoms with Gasteiger partial charge in [-0.15, -0.1) is 0 Å². The minimum absolute atomic E-state index is 0.0165. The Bertz CT molecular complexity index is 419. The van der Waals surface area contributed by atoms with Crippen LogP contribution in [0.5, 0.6) is 0 Å². The smallest absolute Gasteiger partial charge is 0.327 e. The van der Waals surface area contributed by atoms with E-state index in [1.807, 2.05) is 26.0 Å². The number of aliphatic hydroxyl groups excluding tert-OH is 1. The lowest BCUT2D eigenvalue weighted by Gasteiger charge is -2.09. The van der Waals surface area contributed by atoms with E-state index in [4.69, 9.17) is 5.11 Å². The molecule has 0 unspecified atom stereocenters. The molecule has 16 heavy (non-hydrogen) atoms. The zero-order valence-corrected chi connectivity index (χ0v) is 9.53. The molecular formula is C13H16O3. The minimum atomic E-state index is -0.950. The van der Waals surface area contributed by atoms with Crippen molar-refractivity contribution in [2.45, 2.75) is 26.9 Å². The van der Waals surface area contributed by atoms with Gasteiger partial charge in [0.25, 0.3) is 0 Å². The molecule has 0 aliphatic heterocycles. The fourth-order valence-corrected chi connectivity index (χ4v) is 1.56. The Morgan fingerprint density at radius 1 is 1.25 bits per heavy atom. The van der Waals surface area contributed by atoms with Gasteiger partial charge in [0, 0.05) is 6.08 Å². The first kappa shape index (κ1) is 12.5. The van der Waals surface area contributed by atoms with Crippen LogP contribution in [0.25, 0.3) is 0 Å². The standard InChI is InChI=1S/C13H16O3/c1-9-6-11(4-3-5-13(15)16)12(8-14)7-10(9)2/h3,5-7,14H,4,8H2,1-2H3,(H,15,16)/b5-3+. The largest absolute Gasteiger partial charge is 0.478 e. The molecule has 0 saturated heterocycles. The molecule has 1 aromatic rings. The van der Waals surface area contributed by atoms with Crippen LogP contribution in [0.15, 0.2) is 24.3 Å². The summed E-state index contributed by atoms with van der Waals surface area (Å²) in [6.45, 7) is 3.98. The molecule has 0 bridgehead atoms. The number of carbonyl (C=O) groups is 1. The van der Waals surface area contributed by atoms with E-state index in [1.165, 1.54) is 0 Å². The Hall–Kier alpha value is -1.61. The Morgan fingerprint density at radius 2 is 1.81 bits per heavy atom. The van der Waals surface area contributed by atoms with Crippen molar-refractivity contribution in [3.63, 3.8) is 0 Å². The van der Waals surface area contributed by atoms with Gasteiger partial charge in [-0.2, -0.15) is 0 Å². The van der Waals surface area contributed by atoms with Gasteiger partial charge in [0.2, 0.25) is 0 Å². The number of rotatable bonds is 4. The van der Waals surface area contributed by atoms with E-state index in [1.54, 1.807) is 6.08 Å². The monoisotopic (exact) mass is 220 g/mol. The van der Waals surface area contributed by atoms with E-state index in [0.29, 0.717) is 6.42 Å². The third-order valence-electron chi connectivity index (χ3n) is 2.58. The fourth-order valence-electron chi connectivity index (χ4n) is 1.56. The maximum absolute atomic E-state index is 10.3. The van der Waals surface area contributed by atoms with E-state index in [2.05, 4.69) is 0 Å². The number of benzene rings is 1. The number of allylic oxidation sites excluding steroid dienone is 1. The van der Waals surface area contributed by atoms with Gasteiger partial charge in [0.1, 0.15) is 0 Å². The third-order valence-corrected chi connectivity index (χ3v) is 2.58. The van der Waals surface area contributed by atoms with Crippen LogP contribution in [0.2, 0.25) is 0 Å². The first-order valence-electron chi connectivity index (χ1n) is 5.14. The Labute approximate surface area is 95.0 Å². The molecule has 0 saturated carbocycles. The first-order chi connectivity index (χ1) is 7.54. The molecule has 0 amide bonds. The molecule has 3 heteroatoms. The van der Waals surface area contributed by atoms with E-state index >= 15 is 0 Å². The van der Waals surface area contributed by atoms with E-state index in [0.717, 1.165) is 28.3 Å². The van der Waals surface area contributed by atoms with Gasteiger partial charge in [0.05, 0.1) is 6.61 Å². The summed E-state index contributed by atoms with van der Waals surface area (Å²) >= 11 is 0. The summed E-state index contributed by atoms with van der Waals surface area (Å²) in [6.07, 6.45) is 3.24. The predicted octanol–water partition coefficient (Wildman–Crippen LogP) is 1.98. The van der Waals surface area contributed by atoms with Crippen LogP contribution in [0.1, 0.15) is 22.3 Å². The molecule has 2 N–H and O–H groups in total. The van der Waals surface area contributed by atoms with Crippen LogP contribution in [0, 0.1) is 13.8 Å². The third kappa shape index (κ3) is 3.21. The van der Waals surface area contributed by atoms with E-state index in [-0.39, 0.29) is 6.61 Å². The number of carboxylic acids is 1. The second kappa shape index (κ2) is 5.47. The summed E-state index contributed by atoms with van der Waals surface area (Å²) in [6, 6.07) is 3.94. The van der Waals surface area contributed by atoms with Crippen molar-refractivity contribution in [3.05, 3.63) is 46.5 Å². The van der Waals surface area contributed by atoms with Crippen molar-refractivity contribution in [1.82, 2.24) is 0 Å². The summed E-state index contributed by atoms with van der Waals surface area (Å²) in [5, 5.41) is 17.7. The van der Waals surface area contributed by atoms with Gasteiger partial charge in [-0.25, -0.2) is 4.79 Å². The Kier molecular flexibility index (Phi) is 4.26. The zero-order chi connectivity index (χ0) is 12.1. The van der Waals surface area contributed by atoms with Gasteiger partial charge in [-0.1, -0.05) is 18.2 Å². The maximum atomic E-state index is 10.3. The molecule has 0 atom stereocenters. The van der Waals surface area contributed by atoms with E-state index in [9.17, 15) is 9.90 Å². The van der Waals surface area contributed by atoms with Crippen LogP contribution in [0.4, 0.5) is 0 Å². The topological polar surface area (TPSA) is 57.5 Å². The number of aryl methyl sites for hydroxylation is 2. The molecule has 3 nitrogen and oxygen atoms in total. The van der Waals surface area contributed by atoms with Crippen molar-refractivity contribution < 1.29 is 15.0 Å². The van der Waals surface area contributed by atoms with Gasteiger partial charge in [0.15, 0.2) is 0 Å². The van der Waals surface area contributed by atoms with Gasteiger partial charge in [-0.3, -0.25) is 0 Å². The van der Waals surface area contributed by atoms with Crippen LogP contribution in [-0.4, -0.2) is 16.2 Å². The quantitative estimate of drug-likeness (QED) is 0.763. The van der Waals surface area contributed by atoms with Crippen LogP contribution in [0.3, 0.4) is 0 Å². The van der Waals surface area contributed by atoms with Crippen molar-refractivity contribution in [3.8, 4) is 0 Å². The normalized spacial score (nSPS) is 10.9. The lowest BCUT2D eigenvalue weighted by molar-refractivity contribution is -0.131. The highest BCUT2D eigenvalue weighted by molar-refractivity contribution is 5.79. The van der Waals surface area contributed by atoms with E-state index < -0.39 is 5.97 Å². The van der Waals surface area contributed by atoms with Gasteiger partial charge in [-0.05, 0) is 42.5 Å². The Balaban J connectivity index is 2.94.